The number of methoxy groups -OCH3 is 1. The fourth-order valence-corrected chi connectivity index (χ4v) is 4.13. The van der Waals surface area contributed by atoms with Crippen LogP contribution in [0.25, 0.3) is 0 Å². The molecular weight excluding hydrogens is 290 g/mol. The van der Waals surface area contributed by atoms with Gasteiger partial charge in [-0.2, -0.15) is 0 Å². The van der Waals surface area contributed by atoms with Crippen LogP contribution in [0.1, 0.15) is 34.1 Å². The molecule has 1 unspecified atom stereocenters. The van der Waals surface area contributed by atoms with Crippen LogP contribution >= 0.6 is 0 Å². The summed E-state index contributed by atoms with van der Waals surface area (Å²) in [6, 6.07) is 0. The van der Waals surface area contributed by atoms with Crippen molar-refractivity contribution in [2.24, 2.45) is 11.3 Å². The van der Waals surface area contributed by atoms with Gasteiger partial charge in [-0.15, -0.1) is 0 Å². The lowest BCUT2D eigenvalue weighted by atomic mass is 9.77. The maximum atomic E-state index is 12.9. The minimum absolute atomic E-state index is 0.00701. The first-order chi connectivity index (χ1) is 10.1. The Bertz CT molecular complexity index is 529. The molecule has 7 heteroatoms. The molecule has 3 saturated heterocycles. The molecule has 3 fully saturated rings. The smallest absolute Gasteiger partial charge is 0.337 e. The van der Waals surface area contributed by atoms with Crippen molar-refractivity contribution in [1.82, 2.24) is 4.90 Å². The molecule has 3 rings (SSSR count). The van der Waals surface area contributed by atoms with Crippen LogP contribution < -0.4 is 0 Å². The molecule has 0 radical (unpaired) electrons. The highest BCUT2D eigenvalue weighted by atomic mass is 16.6. The predicted molar refractivity (Wildman–Crippen MR) is 74.4 cm³/mol. The number of nitrogens with zero attached hydrogens (tertiary/aromatic N) is 1. The molecule has 0 spiro atoms. The first kappa shape index (κ1) is 15.7. The lowest BCUT2D eigenvalue weighted by molar-refractivity contribution is -0.191. The lowest BCUT2D eigenvalue weighted by Crippen LogP contribution is -2.64. The van der Waals surface area contributed by atoms with Gasteiger partial charge >= 0.3 is 5.97 Å². The van der Waals surface area contributed by atoms with E-state index < -0.39 is 35.5 Å². The Kier molecular flexibility index (Phi) is 3.16. The molecule has 0 aliphatic carbocycles. The Balaban J connectivity index is 2.15. The summed E-state index contributed by atoms with van der Waals surface area (Å²) in [5.41, 5.74) is -2.87. The van der Waals surface area contributed by atoms with E-state index in [9.17, 15) is 14.7 Å². The molecule has 5 atom stereocenters. The third-order valence-electron chi connectivity index (χ3n) is 5.20. The van der Waals surface area contributed by atoms with Crippen LogP contribution in [0.3, 0.4) is 0 Å². The van der Waals surface area contributed by atoms with Gasteiger partial charge in [0, 0.05) is 11.8 Å². The van der Waals surface area contributed by atoms with Gasteiger partial charge < -0.3 is 19.3 Å². The second-order valence-corrected chi connectivity index (χ2v) is 7.56. The van der Waals surface area contributed by atoms with E-state index >= 15 is 0 Å². The first-order valence-corrected chi connectivity index (χ1v) is 7.48. The van der Waals surface area contributed by atoms with E-state index in [4.69, 9.17) is 14.2 Å². The van der Waals surface area contributed by atoms with Crippen molar-refractivity contribution < 1.29 is 28.9 Å². The van der Waals surface area contributed by atoms with E-state index in [1.807, 2.05) is 20.8 Å². The Hall–Kier alpha value is -1.18. The third-order valence-corrected chi connectivity index (χ3v) is 5.20. The van der Waals surface area contributed by atoms with Crippen LogP contribution in [0.15, 0.2) is 0 Å². The molecule has 0 aromatic heterocycles. The number of carbonyl (C=O) groups excluding carboxylic acids is 2. The average Bonchev–Trinajstić information content (AvgIpc) is 3.00. The maximum Gasteiger partial charge on any atom is 0.337 e. The van der Waals surface area contributed by atoms with Gasteiger partial charge in [0.05, 0.1) is 19.6 Å². The van der Waals surface area contributed by atoms with E-state index in [1.165, 1.54) is 12.0 Å². The van der Waals surface area contributed by atoms with Crippen LogP contribution in [0.5, 0.6) is 0 Å². The van der Waals surface area contributed by atoms with Gasteiger partial charge in [-0.1, -0.05) is 20.8 Å². The number of rotatable bonds is 1. The minimum Gasteiger partial charge on any atom is -0.467 e. The van der Waals surface area contributed by atoms with Crippen molar-refractivity contribution >= 4 is 11.9 Å². The lowest BCUT2D eigenvalue weighted by Gasteiger charge is -2.41. The molecule has 0 aromatic rings. The quantitative estimate of drug-likeness (QED) is 0.699. The predicted octanol–water partition coefficient (Wildman–Crippen LogP) is 0.256. The monoisotopic (exact) mass is 313 g/mol. The third kappa shape index (κ3) is 1.62. The van der Waals surface area contributed by atoms with E-state index in [2.05, 4.69) is 0 Å². The molecule has 3 aliphatic heterocycles. The zero-order chi connectivity index (χ0) is 16.5. The number of ether oxygens (including phenoxy) is 3. The molecule has 3 aliphatic rings. The molecule has 3 heterocycles. The highest BCUT2D eigenvalue weighted by molar-refractivity contribution is 5.97. The second-order valence-electron chi connectivity index (χ2n) is 7.56. The van der Waals surface area contributed by atoms with Crippen molar-refractivity contribution in [3.63, 3.8) is 0 Å². The number of fused-ring (bicyclic) bond motifs is 3. The molecule has 1 amide bonds. The van der Waals surface area contributed by atoms with E-state index in [0.717, 1.165) is 0 Å². The summed E-state index contributed by atoms with van der Waals surface area (Å²) >= 11 is 0. The maximum absolute atomic E-state index is 12.9. The van der Waals surface area contributed by atoms with Crippen LogP contribution in [0, 0.1) is 11.3 Å². The topological polar surface area (TPSA) is 85.3 Å². The molecule has 0 bridgehead atoms. The normalized spacial score (nSPS) is 44.2. The van der Waals surface area contributed by atoms with Crippen LogP contribution in [0.2, 0.25) is 0 Å². The summed E-state index contributed by atoms with van der Waals surface area (Å²) in [7, 11) is 1.28. The zero-order valence-corrected chi connectivity index (χ0v) is 13.6. The van der Waals surface area contributed by atoms with Gasteiger partial charge in [0.2, 0.25) is 5.91 Å². The zero-order valence-electron chi connectivity index (χ0n) is 13.6. The van der Waals surface area contributed by atoms with Gasteiger partial charge in [-0.3, -0.25) is 9.69 Å². The van der Waals surface area contributed by atoms with Gasteiger partial charge in [-0.05, 0) is 6.92 Å². The molecule has 22 heavy (non-hydrogen) atoms. The van der Waals surface area contributed by atoms with Crippen molar-refractivity contribution in [3.8, 4) is 0 Å². The van der Waals surface area contributed by atoms with Crippen LogP contribution in [-0.2, 0) is 23.8 Å². The van der Waals surface area contributed by atoms with Gasteiger partial charge in [0.1, 0.15) is 11.8 Å². The largest absolute Gasteiger partial charge is 0.467 e. The Labute approximate surface area is 129 Å². The fraction of sp³-hybridized carbons (Fsp3) is 0.867. The minimum atomic E-state index is -1.35. The van der Waals surface area contributed by atoms with Gasteiger partial charge in [0.15, 0.2) is 11.8 Å². The first-order valence-electron chi connectivity index (χ1n) is 7.48. The van der Waals surface area contributed by atoms with E-state index in [1.54, 1.807) is 6.92 Å². The highest BCUT2D eigenvalue weighted by Gasteiger charge is 2.78. The number of aliphatic hydroxyl groups is 1. The van der Waals surface area contributed by atoms with Gasteiger partial charge in [0.25, 0.3) is 0 Å². The Morgan fingerprint density at radius 1 is 1.45 bits per heavy atom. The summed E-state index contributed by atoms with van der Waals surface area (Å²) in [4.78, 5) is 27.1. The van der Waals surface area contributed by atoms with E-state index in [0.29, 0.717) is 0 Å². The standard InChI is InChI=1S/C15H23NO6/c1-13(2,3)11-16-10(18)8-6-9(17)22-14(8,4)15(16,7-21-11)12(19)20-5/h8-9,11,17H,6-7H2,1-5H3/t8-,9?,11-,14-,15+/m0/s1. The number of hydrogen-bond acceptors (Lipinski definition) is 6. The highest BCUT2D eigenvalue weighted by Crippen LogP contribution is 2.57. The number of carbonyl (C=O) groups is 2. The summed E-state index contributed by atoms with van der Waals surface area (Å²) in [5.74, 6) is -1.36. The molecule has 7 nitrogen and oxygen atoms in total. The van der Waals surface area contributed by atoms with Crippen molar-refractivity contribution in [1.29, 1.82) is 0 Å². The Morgan fingerprint density at radius 2 is 2.09 bits per heavy atom. The number of aliphatic hydroxyl groups excluding tert-OH is 1. The molecular formula is C15H23NO6. The van der Waals surface area contributed by atoms with Gasteiger partial charge in [-0.25, -0.2) is 4.79 Å². The van der Waals surface area contributed by atoms with Crippen molar-refractivity contribution in [3.05, 3.63) is 0 Å². The SMILES string of the molecule is COC(=O)[C@@]12CO[C@@H](C(C)(C)C)N1C(=O)[C@@H]1CC(O)O[C@@]12C. The Morgan fingerprint density at radius 3 is 2.64 bits per heavy atom. The summed E-state index contributed by atoms with van der Waals surface area (Å²) < 4.78 is 16.5. The number of hydrogen-bond donors (Lipinski definition) is 1. The van der Waals surface area contributed by atoms with Crippen molar-refractivity contribution in [2.75, 3.05) is 13.7 Å². The van der Waals surface area contributed by atoms with E-state index in [-0.39, 0.29) is 24.3 Å². The summed E-state index contributed by atoms with van der Waals surface area (Å²) in [6.07, 6.45) is -1.42. The molecule has 0 aromatic carbocycles. The molecule has 1 N–H and O–H groups in total. The van der Waals surface area contributed by atoms with Crippen LogP contribution in [0.4, 0.5) is 0 Å². The van der Waals surface area contributed by atoms with Crippen molar-refractivity contribution in [2.45, 2.75) is 57.8 Å². The molecule has 0 saturated carbocycles. The average molecular weight is 313 g/mol. The summed E-state index contributed by atoms with van der Waals surface area (Å²) in [5, 5.41) is 9.85. The fourth-order valence-electron chi connectivity index (χ4n) is 4.13. The molecule has 124 valence electrons. The second kappa shape index (κ2) is 4.43. The number of esters is 1. The van der Waals surface area contributed by atoms with Crippen LogP contribution in [-0.4, -0.2) is 59.3 Å². The number of amides is 1. The summed E-state index contributed by atoms with van der Waals surface area (Å²) in [6.45, 7) is 7.55.